The minimum absolute atomic E-state index is 0.125. The lowest BCUT2D eigenvalue weighted by atomic mass is 10.1. The molecular formula is C10H8F4N2S. The van der Waals surface area contributed by atoms with Crippen molar-refractivity contribution in [2.75, 3.05) is 0 Å². The molecule has 1 aromatic carbocycles. The molecule has 1 aliphatic heterocycles. The molecule has 1 aromatic rings. The summed E-state index contributed by atoms with van der Waals surface area (Å²) in [5.41, 5.74) is 3.90. The van der Waals surface area contributed by atoms with E-state index in [4.69, 9.17) is 5.73 Å². The molecule has 0 saturated carbocycles. The maximum atomic E-state index is 13.7. The van der Waals surface area contributed by atoms with Crippen LogP contribution in [0.5, 0.6) is 0 Å². The standard InChI is InChI=1S/C10H8F4N2S/c11-8-5(7-4-17-9(15)16-7)2-1-3-6(8)10(12,13)14/h1-4,9,16H,15H2. The van der Waals surface area contributed by atoms with Gasteiger partial charge in [0.2, 0.25) is 0 Å². The molecule has 0 spiro atoms. The van der Waals surface area contributed by atoms with Gasteiger partial charge in [-0.3, -0.25) is 0 Å². The first-order chi connectivity index (χ1) is 7.89. The quantitative estimate of drug-likeness (QED) is 0.766. The van der Waals surface area contributed by atoms with E-state index in [1.54, 1.807) is 0 Å². The fourth-order valence-corrected chi connectivity index (χ4v) is 2.14. The Morgan fingerprint density at radius 2 is 2.00 bits per heavy atom. The molecule has 0 aliphatic carbocycles. The lowest BCUT2D eigenvalue weighted by Crippen LogP contribution is -2.28. The van der Waals surface area contributed by atoms with E-state index in [0.717, 1.165) is 6.07 Å². The summed E-state index contributed by atoms with van der Waals surface area (Å²) in [5, 5.41) is 4.19. The Bertz CT molecular complexity index is 470. The third-order valence-corrected chi connectivity index (χ3v) is 3.01. The van der Waals surface area contributed by atoms with Crippen molar-refractivity contribution >= 4 is 17.5 Å². The van der Waals surface area contributed by atoms with Crippen molar-refractivity contribution in [1.29, 1.82) is 0 Å². The smallest absolute Gasteiger partial charge is 0.360 e. The first-order valence-corrected chi connectivity index (χ1v) is 5.57. The van der Waals surface area contributed by atoms with Crippen molar-refractivity contribution in [3.05, 3.63) is 40.6 Å². The zero-order valence-electron chi connectivity index (χ0n) is 8.38. The zero-order chi connectivity index (χ0) is 12.6. The molecule has 0 bridgehead atoms. The predicted octanol–water partition coefficient (Wildman–Crippen LogP) is 2.72. The van der Waals surface area contributed by atoms with Gasteiger partial charge >= 0.3 is 6.18 Å². The molecule has 1 aliphatic rings. The molecule has 2 rings (SSSR count). The third-order valence-electron chi connectivity index (χ3n) is 2.22. The molecular weight excluding hydrogens is 256 g/mol. The highest BCUT2D eigenvalue weighted by Gasteiger charge is 2.35. The molecule has 1 heterocycles. The molecule has 0 saturated heterocycles. The van der Waals surface area contributed by atoms with Crippen LogP contribution in [0, 0.1) is 5.82 Å². The van der Waals surface area contributed by atoms with Crippen LogP contribution in [0.4, 0.5) is 17.6 Å². The van der Waals surface area contributed by atoms with Gasteiger partial charge in [0, 0.05) is 5.56 Å². The lowest BCUT2D eigenvalue weighted by molar-refractivity contribution is -0.140. The molecule has 0 radical (unpaired) electrons. The minimum atomic E-state index is -4.70. The Balaban J connectivity index is 2.44. The molecule has 0 fully saturated rings. The van der Waals surface area contributed by atoms with Crippen molar-refractivity contribution in [3.63, 3.8) is 0 Å². The van der Waals surface area contributed by atoms with Crippen molar-refractivity contribution in [2.24, 2.45) is 5.73 Å². The van der Waals surface area contributed by atoms with Gasteiger partial charge in [0.05, 0.1) is 11.3 Å². The van der Waals surface area contributed by atoms with Crippen LogP contribution in [-0.4, -0.2) is 5.50 Å². The number of rotatable bonds is 1. The summed E-state index contributed by atoms with van der Waals surface area (Å²) in [6.07, 6.45) is -4.70. The van der Waals surface area contributed by atoms with Crippen LogP contribution in [0.1, 0.15) is 11.1 Å². The van der Waals surface area contributed by atoms with Crippen molar-refractivity contribution < 1.29 is 17.6 Å². The first-order valence-electron chi connectivity index (χ1n) is 4.63. The highest BCUT2D eigenvalue weighted by atomic mass is 32.2. The Kier molecular flexibility index (Phi) is 3.05. The van der Waals surface area contributed by atoms with Gasteiger partial charge in [0.15, 0.2) is 0 Å². The van der Waals surface area contributed by atoms with Gasteiger partial charge in [-0.2, -0.15) is 13.2 Å². The van der Waals surface area contributed by atoms with Gasteiger partial charge in [0.1, 0.15) is 11.3 Å². The number of nitrogens with two attached hydrogens (primary N) is 1. The van der Waals surface area contributed by atoms with Gasteiger partial charge < -0.3 is 11.1 Å². The van der Waals surface area contributed by atoms with Gasteiger partial charge in [-0.1, -0.05) is 17.8 Å². The van der Waals surface area contributed by atoms with Gasteiger partial charge in [-0.15, -0.1) is 0 Å². The van der Waals surface area contributed by atoms with Crippen LogP contribution in [0.15, 0.2) is 23.6 Å². The summed E-state index contributed by atoms with van der Waals surface area (Å²) in [4.78, 5) is 0. The van der Waals surface area contributed by atoms with Crippen LogP contribution < -0.4 is 11.1 Å². The summed E-state index contributed by atoms with van der Waals surface area (Å²) in [6.45, 7) is 0. The number of halogens is 4. The molecule has 7 heteroatoms. The number of nitrogens with one attached hydrogen (secondary N) is 1. The maximum absolute atomic E-state index is 13.7. The zero-order valence-corrected chi connectivity index (χ0v) is 9.20. The summed E-state index contributed by atoms with van der Waals surface area (Å²) < 4.78 is 51.1. The van der Waals surface area contributed by atoms with Crippen LogP contribution in [0.2, 0.25) is 0 Å². The van der Waals surface area contributed by atoms with E-state index in [0.29, 0.717) is 6.07 Å². The van der Waals surface area contributed by atoms with Gasteiger partial charge in [-0.25, -0.2) is 4.39 Å². The van der Waals surface area contributed by atoms with Crippen molar-refractivity contribution in [1.82, 2.24) is 5.32 Å². The fourth-order valence-electron chi connectivity index (χ4n) is 1.46. The van der Waals surface area contributed by atoms with Gasteiger partial charge in [-0.05, 0) is 17.5 Å². The Labute approximate surface area is 98.9 Å². The van der Waals surface area contributed by atoms with Crippen LogP contribution in [0.25, 0.3) is 5.70 Å². The Morgan fingerprint density at radius 3 is 2.53 bits per heavy atom. The molecule has 0 amide bonds. The molecule has 1 unspecified atom stereocenters. The second-order valence-electron chi connectivity index (χ2n) is 3.40. The summed E-state index contributed by atoms with van der Waals surface area (Å²) in [5.74, 6) is -1.28. The SMILES string of the molecule is NC1NC(c2cccc(C(F)(F)F)c2F)=CS1. The van der Waals surface area contributed by atoms with E-state index in [1.807, 2.05) is 0 Å². The predicted molar refractivity (Wildman–Crippen MR) is 58.1 cm³/mol. The molecule has 3 N–H and O–H groups in total. The van der Waals surface area contributed by atoms with Crippen LogP contribution in [0.3, 0.4) is 0 Å². The maximum Gasteiger partial charge on any atom is 0.419 e. The number of benzene rings is 1. The van der Waals surface area contributed by atoms with E-state index in [2.05, 4.69) is 5.32 Å². The van der Waals surface area contributed by atoms with E-state index in [9.17, 15) is 17.6 Å². The van der Waals surface area contributed by atoms with E-state index >= 15 is 0 Å². The van der Waals surface area contributed by atoms with E-state index < -0.39 is 23.1 Å². The van der Waals surface area contributed by atoms with E-state index in [-0.39, 0.29) is 11.3 Å². The van der Waals surface area contributed by atoms with Crippen molar-refractivity contribution in [3.8, 4) is 0 Å². The average Bonchev–Trinajstić information content (AvgIpc) is 2.63. The second-order valence-corrected chi connectivity index (χ2v) is 4.41. The number of hydrogen-bond donors (Lipinski definition) is 2. The minimum Gasteiger partial charge on any atom is -0.360 e. The molecule has 0 aromatic heterocycles. The fraction of sp³-hybridized carbons (Fsp3) is 0.200. The van der Waals surface area contributed by atoms with E-state index in [1.165, 1.54) is 23.2 Å². The summed E-state index contributed by atoms with van der Waals surface area (Å²) in [6, 6.07) is 3.15. The second kappa shape index (κ2) is 4.23. The van der Waals surface area contributed by atoms with Gasteiger partial charge in [0.25, 0.3) is 0 Å². The highest BCUT2D eigenvalue weighted by Crippen LogP contribution is 2.35. The Morgan fingerprint density at radius 1 is 1.29 bits per heavy atom. The van der Waals surface area contributed by atoms with Crippen molar-refractivity contribution in [2.45, 2.75) is 11.7 Å². The molecule has 92 valence electrons. The monoisotopic (exact) mass is 264 g/mol. The highest BCUT2D eigenvalue weighted by molar-refractivity contribution is 8.03. The third kappa shape index (κ3) is 2.39. The topological polar surface area (TPSA) is 38.0 Å². The lowest BCUT2D eigenvalue weighted by Gasteiger charge is -2.13. The number of hydrogen-bond acceptors (Lipinski definition) is 3. The average molecular weight is 264 g/mol. The molecule has 17 heavy (non-hydrogen) atoms. The summed E-state index contributed by atoms with van der Waals surface area (Å²) in [7, 11) is 0. The largest absolute Gasteiger partial charge is 0.419 e. The Hall–Kier alpha value is -1.21. The molecule has 2 nitrogen and oxygen atoms in total. The summed E-state index contributed by atoms with van der Waals surface area (Å²) >= 11 is 1.18. The first kappa shape index (κ1) is 12.3. The number of thioether (sulfide) groups is 1. The van der Waals surface area contributed by atoms with Crippen LogP contribution in [-0.2, 0) is 6.18 Å². The normalized spacial score (nSPS) is 20.1. The van der Waals surface area contributed by atoms with Crippen LogP contribution >= 0.6 is 11.8 Å². The number of alkyl halides is 3. The molecule has 1 atom stereocenters.